The van der Waals surface area contributed by atoms with Gasteiger partial charge in [0.05, 0.1) is 11.1 Å². The summed E-state index contributed by atoms with van der Waals surface area (Å²) >= 11 is 3.23. The van der Waals surface area contributed by atoms with Crippen LogP contribution in [0.2, 0.25) is 0 Å². The van der Waals surface area contributed by atoms with Crippen LogP contribution in [0.4, 0.5) is 0 Å². The molecule has 0 aliphatic rings. The second-order valence-corrected chi connectivity index (χ2v) is 5.26. The molecule has 0 aliphatic carbocycles. The molecule has 1 aromatic heterocycles. The molecule has 1 N–H and O–H groups in total. The average molecular weight is 344 g/mol. The predicted molar refractivity (Wildman–Crippen MR) is 82.9 cm³/mol. The Morgan fingerprint density at radius 3 is 2.62 bits per heavy atom. The molecule has 0 unspecified atom stereocenters. The molecule has 0 amide bonds. The minimum atomic E-state index is -0.983. The van der Waals surface area contributed by atoms with Crippen LogP contribution in [0.5, 0.6) is 11.5 Å². The number of rotatable bonds is 3. The van der Waals surface area contributed by atoms with E-state index in [-0.39, 0.29) is 5.56 Å². The van der Waals surface area contributed by atoms with Gasteiger partial charge in [-0.2, -0.15) is 0 Å². The van der Waals surface area contributed by atoms with Crippen molar-refractivity contribution in [3.63, 3.8) is 0 Å². The number of benzene rings is 2. The van der Waals surface area contributed by atoms with Crippen LogP contribution >= 0.6 is 15.9 Å². The monoisotopic (exact) mass is 343 g/mol. The van der Waals surface area contributed by atoms with Crippen molar-refractivity contribution in [2.45, 2.75) is 0 Å². The number of aromatic carboxylic acids is 1. The largest absolute Gasteiger partial charge is 0.478 e. The molecule has 5 heteroatoms. The quantitative estimate of drug-likeness (QED) is 0.761. The molecule has 0 saturated heterocycles. The topological polar surface area (TPSA) is 59.4 Å². The number of carboxylic acids is 1. The van der Waals surface area contributed by atoms with Crippen LogP contribution in [0.25, 0.3) is 10.9 Å². The summed E-state index contributed by atoms with van der Waals surface area (Å²) in [6.07, 6.45) is 1.73. The molecule has 0 bridgehead atoms. The van der Waals surface area contributed by atoms with E-state index < -0.39 is 5.97 Å². The number of aromatic nitrogens is 1. The third-order valence-electron chi connectivity index (χ3n) is 2.98. The molecule has 104 valence electrons. The molecule has 21 heavy (non-hydrogen) atoms. The van der Waals surface area contributed by atoms with E-state index in [1.165, 1.54) is 6.07 Å². The molecular weight excluding hydrogens is 334 g/mol. The van der Waals surface area contributed by atoms with Gasteiger partial charge in [-0.1, -0.05) is 6.07 Å². The van der Waals surface area contributed by atoms with Gasteiger partial charge >= 0.3 is 5.97 Å². The molecule has 0 saturated carbocycles. The fourth-order valence-electron chi connectivity index (χ4n) is 1.98. The molecule has 1 heterocycles. The van der Waals surface area contributed by atoms with Crippen molar-refractivity contribution >= 4 is 32.8 Å². The van der Waals surface area contributed by atoms with E-state index in [9.17, 15) is 4.79 Å². The first-order chi connectivity index (χ1) is 10.1. The average Bonchev–Trinajstić information content (AvgIpc) is 2.47. The highest BCUT2D eigenvalue weighted by atomic mass is 79.9. The number of nitrogens with zero attached hydrogens (tertiary/aromatic N) is 1. The van der Waals surface area contributed by atoms with E-state index in [1.54, 1.807) is 18.3 Å². The van der Waals surface area contributed by atoms with Gasteiger partial charge in [-0.15, -0.1) is 0 Å². The Labute approximate surface area is 129 Å². The highest BCUT2D eigenvalue weighted by molar-refractivity contribution is 9.10. The highest BCUT2D eigenvalue weighted by Crippen LogP contribution is 2.28. The maximum Gasteiger partial charge on any atom is 0.336 e. The molecule has 3 rings (SSSR count). The number of ether oxygens (including phenoxy) is 1. The summed E-state index contributed by atoms with van der Waals surface area (Å²) in [6, 6.07) is 14.2. The summed E-state index contributed by atoms with van der Waals surface area (Å²) in [4.78, 5) is 15.2. The molecule has 0 fully saturated rings. The summed E-state index contributed by atoms with van der Waals surface area (Å²) in [5, 5.41) is 10.0. The Kier molecular flexibility index (Phi) is 3.58. The molecule has 0 atom stereocenters. The maximum atomic E-state index is 11.0. The molecule has 0 radical (unpaired) electrons. The number of fused-ring (bicyclic) bond motifs is 1. The maximum absolute atomic E-state index is 11.0. The summed E-state index contributed by atoms with van der Waals surface area (Å²) in [5.41, 5.74) is 1.04. The van der Waals surface area contributed by atoms with Gasteiger partial charge in [0.25, 0.3) is 0 Å². The number of hydrogen-bond acceptors (Lipinski definition) is 3. The fourth-order valence-corrected chi connectivity index (χ4v) is 2.51. The molecular formula is C16H10BrNO3. The van der Waals surface area contributed by atoms with Gasteiger partial charge in [-0.25, -0.2) is 4.79 Å². The van der Waals surface area contributed by atoms with Crippen LogP contribution in [0.15, 0.2) is 59.2 Å². The zero-order valence-corrected chi connectivity index (χ0v) is 12.4. The molecule has 0 aliphatic heterocycles. The minimum absolute atomic E-state index is 0.197. The van der Waals surface area contributed by atoms with Crippen molar-refractivity contribution < 1.29 is 14.6 Å². The van der Waals surface area contributed by atoms with Crippen LogP contribution < -0.4 is 4.74 Å². The standard InChI is InChI=1S/C16H10BrNO3/c17-14-8-11(5-6-13(14)16(19)20)21-12-4-3-10-2-1-7-18-15(10)9-12/h1-9H,(H,19,20). The zero-order valence-electron chi connectivity index (χ0n) is 10.8. The Bertz CT molecular complexity index is 833. The second-order valence-electron chi connectivity index (χ2n) is 4.41. The van der Waals surface area contributed by atoms with E-state index in [4.69, 9.17) is 9.84 Å². The van der Waals surface area contributed by atoms with Crippen LogP contribution in [-0.4, -0.2) is 16.1 Å². The Hall–Kier alpha value is -2.40. The number of carbonyl (C=O) groups is 1. The number of carboxylic acid groups (broad SMARTS) is 1. The minimum Gasteiger partial charge on any atom is -0.478 e. The number of halogens is 1. The van der Waals surface area contributed by atoms with Gasteiger partial charge in [0.1, 0.15) is 11.5 Å². The third-order valence-corrected chi connectivity index (χ3v) is 3.64. The number of pyridine rings is 1. The predicted octanol–water partition coefficient (Wildman–Crippen LogP) is 4.49. The van der Waals surface area contributed by atoms with E-state index in [1.807, 2.05) is 30.3 Å². The summed E-state index contributed by atoms with van der Waals surface area (Å²) < 4.78 is 6.22. The fraction of sp³-hybridized carbons (Fsp3) is 0. The normalized spacial score (nSPS) is 10.5. The van der Waals surface area contributed by atoms with Gasteiger partial charge in [0, 0.05) is 22.1 Å². The summed E-state index contributed by atoms with van der Waals surface area (Å²) in [5.74, 6) is 0.224. The lowest BCUT2D eigenvalue weighted by atomic mass is 10.2. The molecule has 4 nitrogen and oxygen atoms in total. The zero-order chi connectivity index (χ0) is 14.8. The lowest BCUT2D eigenvalue weighted by Crippen LogP contribution is -1.97. The summed E-state index contributed by atoms with van der Waals surface area (Å²) in [6.45, 7) is 0. The van der Waals surface area contributed by atoms with Crippen molar-refractivity contribution in [2.75, 3.05) is 0 Å². The van der Waals surface area contributed by atoms with Gasteiger partial charge in [-0.3, -0.25) is 4.98 Å². The molecule has 3 aromatic rings. The first-order valence-electron chi connectivity index (χ1n) is 6.19. The van der Waals surface area contributed by atoms with Crippen LogP contribution in [0, 0.1) is 0 Å². The van der Waals surface area contributed by atoms with Gasteiger partial charge in [-0.05, 0) is 52.3 Å². The van der Waals surface area contributed by atoms with E-state index in [0.29, 0.717) is 16.0 Å². The summed E-state index contributed by atoms with van der Waals surface area (Å²) in [7, 11) is 0. The van der Waals surface area contributed by atoms with Crippen LogP contribution in [0.3, 0.4) is 0 Å². The third kappa shape index (κ3) is 2.87. The number of hydrogen-bond donors (Lipinski definition) is 1. The highest BCUT2D eigenvalue weighted by Gasteiger charge is 2.09. The SMILES string of the molecule is O=C(O)c1ccc(Oc2ccc3cccnc3c2)cc1Br. The van der Waals surface area contributed by atoms with Crippen molar-refractivity contribution in [2.24, 2.45) is 0 Å². The lowest BCUT2D eigenvalue weighted by molar-refractivity contribution is 0.0696. The van der Waals surface area contributed by atoms with E-state index in [2.05, 4.69) is 20.9 Å². The molecule has 2 aromatic carbocycles. The van der Waals surface area contributed by atoms with Crippen molar-refractivity contribution in [3.8, 4) is 11.5 Å². The van der Waals surface area contributed by atoms with Gasteiger partial charge in [0.15, 0.2) is 0 Å². The van der Waals surface area contributed by atoms with E-state index in [0.717, 1.165) is 10.9 Å². The smallest absolute Gasteiger partial charge is 0.336 e. The van der Waals surface area contributed by atoms with Crippen molar-refractivity contribution in [3.05, 3.63) is 64.8 Å². The Morgan fingerprint density at radius 2 is 1.86 bits per heavy atom. The van der Waals surface area contributed by atoms with E-state index >= 15 is 0 Å². The Balaban J connectivity index is 1.91. The lowest BCUT2D eigenvalue weighted by Gasteiger charge is -2.08. The van der Waals surface area contributed by atoms with Crippen LogP contribution in [-0.2, 0) is 0 Å². The first-order valence-corrected chi connectivity index (χ1v) is 6.98. The van der Waals surface area contributed by atoms with Gasteiger partial charge in [0.2, 0.25) is 0 Å². The first kappa shape index (κ1) is 13.6. The Morgan fingerprint density at radius 1 is 1.10 bits per heavy atom. The second kappa shape index (κ2) is 5.54. The van der Waals surface area contributed by atoms with Crippen molar-refractivity contribution in [1.82, 2.24) is 4.98 Å². The van der Waals surface area contributed by atoms with Crippen LogP contribution in [0.1, 0.15) is 10.4 Å². The van der Waals surface area contributed by atoms with Crippen molar-refractivity contribution in [1.29, 1.82) is 0 Å². The van der Waals surface area contributed by atoms with Gasteiger partial charge < -0.3 is 9.84 Å². The molecule has 0 spiro atoms.